The van der Waals surface area contributed by atoms with Crippen LogP contribution >= 0.6 is 23.1 Å². The van der Waals surface area contributed by atoms with E-state index in [9.17, 15) is 0 Å². The lowest BCUT2D eigenvalue weighted by atomic mass is 10.3. The maximum Gasteiger partial charge on any atom is 0.193 e. The molecule has 3 heterocycles. The predicted octanol–water partition coefficient (Wildman–Crippen LogP) is 2.01. The zero-order valence-electron chi connectivity index (χ0n) is 14.4. The number of guanidine groups is 1. The van der Waals surface area contributed by atoms with Crippen molar-refractivity contribution in [2.45, 2.75) is 17.3 Å². The average molecular weight is 381 g/mol. The molecule has 0 aromatic carbocycles. The summed E-state index contributed by atoms with van der Waals surface area (Å²) in [5.41, 5.74) is 0.994. The van der Waals surface area contributed by atoms with Crippen molar-refractivity contribution in [2.75, 3.05) is 45.5 Å². The summed E-state index contributed by atoms with van der Waals surface area (Å²) in [6.07, 6.45) is 4.58. The second-order valence-electron chi connectivity index (χ2n) is 5.73. The molecule has 0 unspecified atom stereocenters. The van der Waals surface area contributed by atoms with Crippen LogP contribution in [0.15, 0.2) is 37.8 Å². The van der Waals surface area contributed by atoms with Crippen LogP contribution in [0.3, 0.4) is 0 Å². The van der Waals surface area contributed by atoms with Gasteiger partial charge in [0.05, 0.1) is 5.69 Å². The minimum atomic E-state index is 0.852. The van der Waals surface area contributed by atoms with E-state index in [4.69, 9.17) is 4.52 Å². The Hall–Kier alpha value is -1.58. The van der Waals surface area contributed by atoms with Gasteiger partial charge in [0.15, 0.2) is 5.96 Å². The van der Waals surface area contributed by atoms with E-state index in [1.54, 1.807) is 17.6 Å². The lowest BCUT2D eigenvalue weighted by Gasteiger charge is -2.36. The highest BCUT2D eigenvalue weighted by Gasteiger charge is 2.20. The molecule has 1 saturated heterocycles. The molecule has 9 heteroatoms. The fourth-order valence-corrected chi connectivity index (χ4v) is 4.36. The molecule has 1 aliphatic heterocycles. The van der Waals surface area contributed by atoms with Gasteiger partial charge in [0.25, 0.3) is 0 Å². The molecule has 1 N–H and O–H groups in total. The van der Waals surface area contributed by atoms with Crippen LogP contribution in [0.1, 0.15) is 12.1 Å². The topological polar surface area (TPSA) is 69.8 Å². The summed E-state index contributed by atoms with van der Waals surface area (Å²) in [5.74, 6) is 2.07. The van der Waals surface area contributed by atoms with Crippen molar-refractivity contribution in [3.63, 3.8) is 0 Å². The van der Waals surface area contributed by atoms with Crippen molar-refractivity contribution < 1.29 is 4.52 Å². The third-order valence-corrected chi connectivity index (χ3v) is 6.05. The molecule has 2 aromatic rings. The van der Waals surface area contributed by atoms with Crippen molar-refractivity contribution >= 4 is 29.1 Å². The molecule has 0 bridgehead atoms. The first-order chi connectivity index (χ1) is 12.3. The Morgan fingerprint density at radius 2 is 2.28 bits per heavy atom. The van der Waals surface area contributed by atoms with E-state index < -0.39 is 0 Å². The van der Waals surface area contributed by atoms with Gasteiger partial charge in [-0.15, -0.1) is 11.3 Å². The average Bonchev–Trinajstić information content (AvgIpc) is 3.33. The molecule has 2 aromatic heterocycles. The number of thiazole rings is 1. The summed E-state index contributed by atoms with van der Waals surface area (Å²) >= 11 is 3.52. The number of nitrogens with one attached hydrogen (secondary N) is 1. The Balaban J connectivity index is 1.33. The van der Waals surface area contributed by atoms with E-state index in [-0.39, 0.29) is 0 Å². The van der Waals surface area contributed by atoms with Gasteiger partial charge in [0.2, 0.25) is 0 Å². The summed E-state index contributed by atoms with van der Waals surface area (Å²) in [6.45, 7) is 5.76. The zero-order chi connectivity index (χ0) is 17.3. The summed E-state index contributed by atoms with van der Waals surface area (Å²) in [4.78, 5) is 13.4. The molecule has 1 fully saturated rings. The van der Waals surface area contributed by atoms with Crippen molar-refractivity contribution in [3.05, 3.63) is 29.6 Å². The molecule has 7 nitrogen and oxygen atoms in total. The summed E-state index contributed by atoms with van der Waals surface area (Å²) in [7, 11) is 1.86. The van der Waals surface area contributed by atoms with Crippen LogP contribution < -0.4 is 5.32 Å². The van der Waals surface area contributed by atoms with Gasteiger partial charge in [0, 0.05) is 69.7 Å². The van der Waals surface area contributed by atoms with E-state index in [0.29, 0.717) is 0 Å². The van der Waals surface area contributed by atoms with Crippen LogP contribution in [0.25, 0.3) is 0 Å². The standard InChI is InChI=1S/C16H24N6OS2/c1-17-15(18-4-2-11-24-16-19-5-12-25-16)22-8-6-21(7-9-22)13-14-3-10-23-20-14/h3,5,10,12H,2,4,6-9,11,13H2,1H3,(H,17,18). The van der Waals surface area contributed by atoms with Crippen molar-refractivity contribution in [3.8, 4) is 0 Å². The van der Waals surface area contributed by atoms with Gasteiger partial charge in [-0.25, -0.2) is 4.98 Å². The quantitative estimate of drug-likeness (QED) is 0.341. The molecular formula is C16H24N6OS2. The molecule has 0 amide bonds. The highest BCUT2D eigenvalue weighted by molar-refractivity contribution is 8.00. The number of hydrogen-bond donors (Lipinski definition) is 1. The van der Waals surface area contributed by atoms with E-state index in [0.717, 1.165) is 67.4 Å². The van der Waals surface area contributed by atoms with Crippen LogP contribution in [-0.2, 0) is 6.54 Å². The number of rotatable bonds is 7. The Morgan fingerprint density at radius 1 is 1.40 bits per heavy atom. The fourth-order valence-electron chi connectivity index (χ4n) is 2.71. The Labute approximate surface area is 156 Å². The van der Waals surface area contributed by atoms with Crippen LogP contribution in [0.4, 0.5) is 0 Å². The highest BCUT2D eigenvalue weighted by Crippen LogP contribution is 2.20. The van der Waals surface area contributed by atoms with Gasteiger partial charge in [0.1, 0.15) is 10.6 Å². The van der Waals surface area contributed by atoms with Crippen LogP contribution in [0.2, 0.25) is 0 Å². The smallest absolute Gasteiger partial charge is 0.193 e. The predicted molar refractivity (Wildman–Crippen MR) is 102 cm³/mol. The van der Waals surface area contributed by atoms with Gasteiger partial charge in [-0.05, 0) is 6.42 Å². The SMILES string of the molecule is CN=C(NCCCSc1nccs1)N1CCN(Cc2ccon2)CC1. The minimum absolute atomic E-state index is 0.852. The first kappa shape index (κ1) is 18.2. The third kappa shape index (κ3) is 5.72. The van der Waals surface area contributed by atoms with Gasteiger partial charge >= 0.3 is 0 Å². The molecule has 136 valence electrons. The van der Waals surface area contributed by atoms with Gasteiger partial charge in [-0.3, -0.25) is 9.89 Å². The number of piperazine rings is 1. The first-order valence-corrected chi connectivity index (χ1v) is 10.3. The lowest BCUT2D eigenvalue weighted by Crippen LogP contribution is -2.52. The lowest BCUT2D eigenvalue weighted by molar-refractivity contribution is 0.169. The van der Waals surface area contributed by atoms with E-state index in [2.05, 4.69) is 30.2 Å². The summed E-state index contributed by atoms with van der Waals surface area (Å²) < 4.78 is 6.05. The van der Waals surface area contributed by atoms with E-state index in [1.807, 2.05) is 36.5 Å². The Kier molecular flexibility index (Phi) is 7.13. The normalized spacial score (nSPS) is 16.4. The molecular weight excluding hydrogens is 356 g/mol. The maximum absolute atomic E-state index is 4.90. The Morgan fingerprint density at radius 3 is 2.96 bits per heavy atom. The number of thioether (sulfide) groups is 1. The molecule has 0 atom stereocenters. The minimum Gasteiger partial charge on any atom is -0.364 e. The monoisotopic (exact) mass is 380 g/mol. The van der Waals surface area contributed by atoms with E-state index >= 15 is 0 Å². The fraction of sp³-hybridized carbons (Fsp3) is 0.562. The Bertz CT molecular complexity index is 623. The van der Waals surface area contributed by atoms with Gasteiger partial charge < -0.3 is 14.7 Å². The molecule has 1 aliphatic rings. The number of aliphatic imine (C=N–C) groups is 1. The van der Waals surface area contributed by atoms with Crippen LogP contribution in [-0.4, -0.2) is 71.4 Å². The molecule has 3 rings (SSSR count). The first-order valence-electron chi connectivity index (χ1n) is 8.44. The number of nitrogens with zero attached hydrogens (tertiary/aromatic N) is 5. The summed E-state index contributed by atoms with van der Waals surface area (Å²) in [6, 6.07) is 1.93. The van der Waals surface area contributed by atoms with Crippen molar-refractivity contribution in [2.24, 2.45) is 4.99 Å². The highest BCUT2D eigenvalue weighted by atomic mass is 32.2. The van der Waals surface area contributed by atoms with Crippen molar-refractivity contribution in [1.29, 1.82) is 0 Å². The van der Waals surface area contributed by atoms with Gasteiger partial charge in [-0.1, -0.05) is 16.9 Å². The second kappa shape index (κ2) is 9.79. The second-order valence-corrected chi connectivity index (χ2v) is 7.96. The summed E-state index contributed by atoms with van der Waals surface area (Å²) in [5, 5.41) is 9.48. The van der Waals surface area contributed by atoms with E-state index in [1.165, 1.54) is 0 Å². The molecule has 25 heavy (non-hydrogen) atoms. The molecule has 0 aliphatic carbocycles. The van der Waals surface area contributed by atoms with Crippen LogP contribution in [0, 0.1) is 0 Å². The van der Waals surface area contributed by atoms with Crippen molar-refractivity contribution in [1.82, 2.24) is 25.3 Å². The third-order valence-electron chi connectivity index (χ3n) is 4.00. The maximum atomic E-state index is 4.90. The largest absolute Gasteiger partial charge is 0.364 e. The number of hydrogen-bond acceptors (Lipinski definition) is 7. The molecule has 0 radical (unpaired) electrons. The van der Waals surface area contributed by atoms with Crippen LogP contribution in [0.5, 0.6) is 0 Å². The number of aromatic nitrogens is 2. The molecule has 0 saturated carbocycles. The zero-order valence-corrected chi connectivity index (χ0v) is 16.1. The van der Waals surface area contributed by atoms with Gasteiger partial charge in [-0.2, -0.15) is 0 Å². The molecule has 0 spiro atoms.